The number of aryl methyl sites for hydroxylation is 1. The Kier molecular flexibility index (Phi) is 3.32. The molecule has 0 saturated carbocycles. The van der Waals surface area contributed by atoms with Gasteiger partial charge in [0.2, 0.25) is 0 Å². The Hall–Kier alpha value is -0.530. The molecular weight excluding hydrogens is 206 g/mol. The standard InChI is InChI=1S/C13H18ClN/c1-9(8-15)10-2-3-12-7-13(14)5-4-11(12)6-10/h4-5,7,9-10H,2-3,6,8,15H2,1H3. The largest absolute Gasteiger partial charge is 0.330 e. The second-order valence-electron chi connectivity index (χ2n) is 4.63. The van der Waals surface area contributed by atoms with Gasteiger partial charge in [-0.25, -0.2) is 0 Å². The molecule has 2 N–H and O–H groups in total. The van der Waals surface area contributed by atoms with Gasteiger partial charge >= 0.3 is 0 Å². The van der Waals surface area contributed by atoms with Gasteiger partial charge in [0.1, 0.15) is 0 Å². The second-order valence-corrected chi connectivity index (χ2v) is 5.07. The van der Waals surface area contributed by atoms with E-state index in [1.807, 2.05) is 6.07 Å². The van der Waals surface area contributed by atoms with Crippen LogP contribution in [0.4, 0.5) is 0 Å². The van der Waals surface area contributed by atoms with E-state index in [4.69, 9.17) is 17.3 Å². The van der Waals surface area contributed by atoms with Crippen LogP contribution in [0.25, 0.3) is 0 Å². The average molecular weight is 224 g/mol. The lowest BCUT2D eigenvalue weighted by Gasteiger charge is -2.28. The molecule has 0 radical (unpaired) electrons. The van der Waals surface area contributed by atoms with E-state index in [2.05, 4.69) is 19.1 Å². The van der Waals surface area contributed by atoms with Crippen LogP contribution in [0.5, 0.6) is 0 Å². The summed E-state index contributed by atoms with van der Waals surface area (Å²) < 4.78 is 0. The van der Waals surface area contributed by atoms with E-state index in [0.717, 1.165) is 23.9 Å². The highest BCUT2D eigenvalue weighted by molar-refractivity contribution is 6.30. The van der Waals surface area contributed by atoms with Crippen molar-refractivity contribution in [2.45, 2.75) is 26.2 Å². The van der Waals surface area contributed by atoms with Gasteiger partial charge in [-0.05, 0) is 60.9 Å². The molecule has 0 aliphatic heterocycles. The van der Waals surface area contributed by atoms with Crippen LogP contribution in [-0.2, 0) is 12.8 Å². The van der Waals surface area contributed by atoms with Crippen LogP contribution in [0.15, 0.2) is 18.2 Å². The lowest BCUT2D eigenvalue weighted by Crippen LogP contribution is -2.26. The van der Waals surface area contributed by atoms with Crippen molar-refractivity contribution in [3.63, 3.8) is 0 Å². The van der Waals surface area contributed by atoms with Crippen LogP contribution >= 0.6 is 11.6 Å². The van der Waals surface area contributed by atoms with Crippen molar-refractivity contribution < 1.29 is 0 Å². The minimum Gasteiger partial charge on any atom is -0.330 e. The monoisotopic (exact) mass is 223 g/mol. The summed E-state index contributed by atoms with van der Waals surface area (Å²) in [5, 5.41) is 0.860. The molecule has 2 rings (SSSR count). The number of halogens is 1. The summed E-state index contributed by atoms with van der Waals surface area (Å²) in [6.07, 6.45) is 3.58. The first-order chi connectivity index (χ1) is 7.20. The Morgan fingerprint density at radius 3 is 3.00 bits per heavy atom. The predicted molar refractivity (Wildman–Crippen MR) is 65.2 cm³/mol. The quantitative estimate of drug-likeness (QED) is 0.820. The van der Waals surface area contributed by atoms with Gasteiger partial charge in [-0.1, -0.05) is 24.6 Å². The van der Waals surface area contributed by atoms with Gasteiger partial charge in [0, 0.05) is 5.02 Å². The zero-order valence-electron chi connectivity index (χ0n) is 9.17. The molecule has 2 heteroatoms. The predicted octanol–water partition coefficient (Wildman–Crippen LogP) is 3.04. The molecule has 1 nitrogen and oxygen atoms in total. The molecule has 0 fully saturated rings. The van der Waals surface area contributed by atoms with Crippen molar-refractivity contribution in [3.05, 3.63) is 34.3 Å². The maximum atomic E-state index is 5.98. The number of benzene rings is 1. The van der Waals surface area contributed by atoms with Gasteiger partial charge in [0.25, 0.3) is 0 Å². The van der Waals surface area contributed by atoms with Gasteiger partial charge in [0.05, 0.1) is 0 Å². The Bertz CT molecular complexity index is 348. The molecule has 0 aromatic heterocycles. The fraction of sp³-hybridized carbons (Fsp3) is 0.538. The highest BCUT2D eigenvalue weighted by Crippen LogP contribution is 2.31. The van der Waals surface area contributed by atoms with Crippen LogP contribution in [0.3, 0.4) is 0 Å². The summed E-state index contributed by atoms with van der Waals surface area (Å²) >= 11 is 5.98. The lowest BCUT2D eigenvalue weighted by atomic mass is 9.78. The number of rotatable bonds is 2. The highest BCUT2D eigenvalue weighted by atomic mass is 35.5. The van der Waals surface area contributed by atoms with Gasteiger partial charge in [-0.2, -0.15) is 0 Å². The molecule has 1 aromatic carbocycles. The molecule has 1 aliphatic rings. The van der Waals surface area contributed by atoms with E-state index in [1.165, 1.54) is 24.0 Å². The van der Waals surface area contributed by atoms with E-state index in [9.17, 15) is 0 Å². The maximum Gasteiger partial charge on any atom is 0.0408 e. The van der Waals surface area contributed by atoms with Crippen molar-refractivity contribution in [2.24, 2.45) is 17.6 Å². The van der Waals surface area contributed by atoms with Crippen molar-refractivity contribution >= 4 is 11.6 Å². The van der Waals surface area contributed by atoms with Crippen molar-refractivity contribution in [2.75, 3.05) is 6.54 Å². The normalized spacial score (nSPS) is 22.2. The van der Waals surface area contributed by atoms with E-state index in [0.29, 0.717) is 5.92 Å². The van der Waals surface area contributed by atoms with Crippen LogP contribution in [0, 0.1) is 11.8 Å². The van der Waals surface area contributed by atoms with E-state index in [1.54, 1.807) is 0 Å². The second kappa shape index (κ2) is 4.54. The summed E-state index contributed by atoms with van der Waals surface area (Å²) in [7, 11) is 0. The lowest BCUT2D eigenvalue weighted by molar-refractivity contribution is 0.327. The average Bonchev–Trinajstić information content (AvgIpc) is 2.27. The third-order valence-corrected chi connectivity index (χ3v) is 3.85. The molecular formula is C13H18ClN. The summed E-state index contributed by atoms with van der Waals surface area (Å²) in [6.45, 7) is 3.05. The maximum absolute atomic E-state index is 5.98. The number of hydrogen-bond donors (Lipinski definition) is 1. The minimum absolute atomic E-state index is 0.633. The molecule has 0 heterocycles. The van der Waals surface area contributed by atoms with Gasteiger partial charge < -0.3 is 5.73 Å². The minimum atomic E-state index is 0.633. The first-order valence-electron chi connectivity index (χ1n) is 5.68. The van der Waals surface area contributed by atoms with E-state index < -0.39 is 0 Å². The first-order valence-corrected chi connectivity index (χ1v) is 6.06. The van der Waals surface area contributed by atoms with Crippen molar-refractivity contribution in [1.29, 1.82) is 0 Å². The smallest absolute Gasteiger partial charge is 0.0408 e. The third kappa shape index (κ3) is 2.35. The summed E-state index contributed by atoms with van der Waals surface area (Å²) in [5.41, 5.74) is 8.63. The summed E-state index contributed by atoms with van der Waals surface area (Å²) in [5.74, 6) is 1.39. The molecule has 15 heavy (non-hydrogen) atoms. The highest BCUT2D eigenvalue weighted by Gasteiger charge is 2.22. The molecule has 0 spiro atoms. The van der Waals surface area contributed by atoms with Crippen LogP contribution in [0.1, 0.15) is 24.5 Å². The zero-order valence-corrected chi connectivity index (χ0v) is 9.93. The summed E-state index contributed by atoms with van der Waals surface area (Å²) in [6, 6.07) is 6.28. The van der Waals surface area contributed by atoms with Gasteiger partial charge in [-0.15, -0.1) is 0 Å². The molecule has 1 aliphatic carbocycles. The van der Waals surface area contributed by atoms with Crippen molar-refractivity contribution in [3.8, 4) is 0 Å². The van der Waals surface area contributed by atoms with Crippen LogP contribution in [0.2, 0.25) is 5.02 Å². The fourth-order valence-electron chi connectivity index (χ4n) is 2.43. The molecule has 82 valence electrons. The zero-order chi connectivity index (χ0) is 10.8. The van der Waals surface area contributed by atoms with E-state index in [-0.39, 0.29) is 0 Å². The third-order valence-electron chi connectivity index (χ3n) is 3.61. The topological polar surface area (TPSA) is 26.0 Å². The number of fused-ring (bicyclic) bond motifs is 1. The van der Waals surface area contributed by atoms with Crippen molar-refractivity contribution in [1.82, 2.24) is 0 Å². The molecule has 2 atom stereocenters. The summed E-state index contributed by atoms with van der Waals surface area (Å²) in [4.78, 5) is 0. The molecule has 1 aromatic rings. The molecule has 2 unspecified atom stereocenters. The Labute approximate surface area is 96.6 Å². The Balaban J connectivity index is 2.16. The SMILES string of the molecule is CC(CN)C1CCc2cc(Cl)ccc2C1. The van der Waals surface area contributed by atoms with Gasteiger partial charge in [0.15, 0.2) is 0 Å². The van der Waals surface area contributed by atoms with Gasteiger partial charge in [-0.3, -0.25) is 0 Å². The van der Waals surface area contributed by atoms with E-state index >= 15 is 0 Å². The van der Waals surface area contributed by atoms with Crippen LogP contribution < -0.4 is 5.73 Å². The Morgan fingerprint density at radius 1 is 1.47 bits per heavy atom. The fourth-order valence-corrected chi connectivity index (χ4v) is 2.62. The molecule has 0 amide bonds. The number of nitrogens with two attached hydrogens (primary N) is 1. The van der Waals surface area contributed by atoms with Crippen LogP contribution in [-0.4, -0.2) is 6.54 Å². The Morgan fingerprint density at radius 2 is 2.27 bits per heavy atom. The number of hydrogen-bond acceptors (Lipinski definition) is 1. The molecule has 0 bridgehead atoms. The molecule has 0 saturated heterocycles. The first kappa shape index (κ1) is 11.0.